The highest BCUT2D eigenvalue weighted by molar-refractivity contribution is 5.76. The molecule has 0 saturated carbocycles. The number of rotatable bonds is 2. The SMILES string of the molecule is CNC1(C)CCN(c2nc3ccccc3nc2C)CC1. The lowest BCUT2D eigenvalue weighted by molar-refractivity contribution is 0.304. The van der Waals surface area contributed by atoms with E-state index < -0.39 is 0 Å². The molecule has 106 valence electrons. The van der Waals surface area contributed by atoms with Gasteiger partial charge in [0, 0.05) is 18.6 Å². The van der Waals surface area contributed by atoms with Crippen LogP contribution in [-0.4, -0.2) is 35.6 Å². The summed E-state index contributed by atoms with van der Waals surface area (Å²) >= 11 is 0. The maximum absolute atomic E-state index is 4.82. The predicted octanol–water partition coefficient (Wildman–Crippen LogP) is 2.52. The third kappa shape index (κ3) is 2.36. The number of hydrogen-bond acceptors (Lipinski definition) is 4. The van der Waals surface area contributed by atoms with E-state index in [4.69, 9.17) is 4.98 Å². The first-order chi connectivity index (χ1) is 9.61. The molecule has 2 aromatic rings. The Bertz CT molecular complexity index is 615. The van der Waals surface area contributed by atoms with Crippen molar-refractivity contribution in [1.82, 2.24) is 15.3 Å². The molecular formula is C16H22N4. The number of fused-ring (bicyclic) bond motifs is 1. The Morgan fingerprint density at radius 2 is 1.70 bits per heavy atom. The van der Waals surface area contributed by atoms with Gasteiger partial charge in [-0.15, -0.1) is 0 Å². The van der Waals surface area contributed by atoms with Gasteiger partial charge in [0.2, 0.25) is 0 Å². The average Bonchev–Trinajstić information content (AvgIpc) is 2.48. The van der Waals surface area contributed by atoms with E-state index in [1.54, 1.807) is 0 Å². The number of para-hydroxylation sites is 2. The lowest BCUT2D eigenvalue weighted by atomic mass is 9.90. The summed E-state index contributed by atoms with van der Waals surface area (Å²) in [5.74, 6) is 1.04. The van der Waals surface area contributed by atoms with Gasteiger partial charge in [-0.2, -0.15) is 0 Å². The zero-order valence-corrected chi connectivity index (χ0v) is 12.5. The molecule has 1 aromatic heterocycles. The minimum Gasteiger partial charge on any atom is -0.355 e. The lowest BCUT2D eigenvalue weighted by Crippen LogP contribution is -2.50. The topological polar surface area (TPSA) is 41.0 Å². The first kappa shape index (κ1) is 13.3. The molecule has 1 aliphatic rings. The zero-order chi connectivity index (χ0) is 14.2. The van der Waals surface area contributed by atoms with Crippen molar-refractivity contribution in [3.8, 4) is 0 Å². The van der Waals surface area contributed by atoms with E-state index in [1.165, 1.54) is 0 Å². The molecule has 0 atom stereocenters. The fourth-order valence-corrected chi connectivity index (χ4v) is 2.84. The molecule has 0 bridgehead atoms. The Morgan fingerprint density at radius 3 is 2.30 bits per heavy atom. The first-order valence-corrected chi connectivity index (χ1v) is 7.28. The summed E-state index contributed by atoms with van der Waals surface area (Å²) in [5.41, 5.74) is 3.24. The second-order valence-electron chi connectivity index (χ2n) is 5.92. The van der Waals surface area contributed by atoms with Crippen LogP contribution in [0.2, 0.25) is 0 Å². The smallest absolute Gasteiger partial charge is 0.150 e. The fraction of sp³-hybridized carbons (Fsp3) is 0.500. The molecule has 2 heterocycles. The third-order valence-corrected chi connectivity index (χ3v) is 4.49. The van der Waals surface area contributed by atoms with Crippen LogP contribution in [0.1, 0.15) is 25.5 Å². The Morgan fingerprint density at radius 1 is 1.10 bits per heavy atom. The Kier molecular flexibility index (Phi) is 3.34. The van der Waals surface area contributed by atoms with Crippen LogP contribution in [0.5, 0.6) is 0 Å². The lowest BCUT2D eigenvalue weighted by Gasteiger charge is -2.40. The predicted molar refractivity (Wildman–Crippen MR) is 83.2 cm³/mol. The molecule has 0 unspecified atom stereocenters. The van der Waals surface area contributed by atoms with Crippen LogP contribution in [0.4, 0.5) is 5.82 Å². The van der Waals surface area contributed by atoms with Gasteiger partial charge in [0.1, 0.15) is 0 Å². The van der Waals surface area contributed by atoms with Crippen LogP contribution in [0.3, 0.4) is 0 Å². The summed E-state index contributed by atoms with van der Waals surface area (Å²) < 4.78 is 0. The second kappa shape index (κ2) is 5.02. The zero-order valence-electron chi connectivity index (χ0n) is 12.5. The van der Waals surface area contributed by atoms with Crippen LogP contribution in [0, 0.1) is 6.92 Å². The van der Waals surface area contributed by atoms with E-state index in [0.717, 1.165) is 48.5 Å². The quantitative estimate of drug-likeness (QED) is 0.910. The van der Waals surface area contributed by atoms with E-state index in [-0.39, 0.29) is 5.54 Å². The molecule has 3 rings (SSSR count). The van der Waals surface area contributed by atoms with Crippen LogP contribution in [0.25, 0.3) is 11.0 Å². The first-order valence-electron chi connectivity index (χ1n) is 7.28. The van der Waals surface area contributed by atoms with Crippen molar-refractivity contribution in [3.05, 3.63) is 30.0 Å². The molecule has 1 N–H and O–H groups in total. The van der Waals surface area contributed by atoms with Crippen molar-refractivity contribution in [2.24, 2.45) is 0 Å². The van der Waals surface area contributed by atoms with Gasteiger partial charge in [0.05, 0.1) is 16.7 Å². The minimum atomic E-state index is 0.259. The van der Waals surface area contributed by atoms with Crippen LogP contribution in [-0.2, 0) is 0 Å². The second-order valence-corrected chi connectivity index (χ2v) is 5.92. The number of hydrogen-bond donors (Lipinski definition) is 1. The standard InChI is InChI=1S/C16H22N4/c1-12-15(19-14-7-5-4-6-13(14)18-12)20-10-8-16(2,17-3)9-11-20/h4-7,17H,8-11H2,1-3H3. The van der Waals surface area contributed by atoms with E-state index in [0.29, 0.717) is 0 Å². The summed E-state index contributed by atoms with van der Waals surface area (Å²) in [6.07, 6.45) is 2.27. The van der Waals surface area contributed by atoms with Crippen LogP contribution >= 0.6 is 0 Å². The molecule has 4 nitrogen and oxygen atoms in total. The molecule has 0 radical (unpaired) electrons. The van der Waals surface area contributed by atoms with E-state index in [9.17, 15) is 0 Å². The number of aryl methyl sites for hydroxylation is 1. The highest BCUT2D eigenvalue weighted by Gasteiger charge is 2.29. The highest BCUT2D eigenvalue weighted by atomic mass is 15.2. The molecule has 0 spiro atoms. The molecule has 0 aliphatic carbocycles. The summed E-state index contributed by atoms with van der Waals surface area (Å²) in [7, 11) is 2.05. The summed E-state index contributed by atoms with van der Waals surface area (Å²) in [4.78, 5) is 11.9. The maximum atomic E-state index is 4.82. The number of aromatic nitrogens is 2. The van der Waals surface area contributed by atoms with Crippen molar-refractivity contribution < 1.29 is 0 Å². The number of anilines is 1. The molecule has 1 saturated heterocycles. The molecule has 4 heteroatoms. The molecule has 0 amide bonds. The molecule has 1 aliphatic heterocycles. The normalized spacial score (nSPS) is 18.4. The number of nitrogens with one attached hydrogen (secondary N) is 1. The van der Waals surface area contributed by atoms with Gasteiger partial charge in [-0.3, -0.25) is 0 Å². The Labute approximate surface area is 120 Å². The minimum absolute atomic E-state index is 0.259. The van der Waals surface area contributed by atoms with E-state index >= 15 is 0 Å². The van der Waals surface area contributed by atoms with Crippen molar-refractivity contribution in [2.45, 2.75) is 32.2 Å². The molecule has 1 fully saturated rings. The van der Waals surface area contributed by atoms with Gasteiger partial charge in [0.15, 0.2) is 5.82 Å². The highest BCUT2D eigenvalue weighted by Crippen LogP contribution is 2.27. The van der Waals surface area contributed by atoms with Crippen molar-refractivity contribution in [3.63, 3.8) is 0 Å². The Balaban J connectivity index is 1.89. The largest absolute Gasteiger partial charge is 0.355 e. The van der Waals surface area contributed by atoms with Crippen molar-refractivity contribution in [2.75, 3.05) is 25.0 Å². The van der Waals surface area contributed by atoms with Crippen molar-refractivity contribution in [1.29, 1.82) is 0 Å². The molecule has 1 aromatic carbocycles. The van der Waals surface area contributed by atoms with E-state index in [2.05, 4.69) is 36.1 Å². The summed E-state index contributed by atoms with van der Waals surface area (Å²) in [5, 5.41) is 3.43. The molecule has 20 heavy (non-hydrogen) atoms. The van der Waals surface area contributed by atoms with Gasteiger partial charge in [-0.05, 0) is 45.9 Å². The van der Waals surface area contributed by atoms with Gasteiger partial charge >= 0.3 is 0 Å². The summed E-state index contributed by atoms with van der Waals surface area (Å²) in [6.45, 7) is 6.42. The number of piperidine rings is 1. The average molecular weight is 270 g/mol. The van der Waals surface area contributed by atoms with Gasteiger partial charge in [-0.25, -0.2) is 9.97 Å². The molecular weight excluding hydrogens is 248 g/mol. The van der Waals surface area contributed by atoms with Gasteiger partial charge in [-0.1, -0.05) is 12.1 Å². The maximum Gasteiger partial charge on any atom is 0.150 e. The fourth-order valence-electron chi connectivity index (χ4n) is 2.84. The van der Waals surface area contributed by atoms with Gasteiger partial charge in [0.25, 0.3) is 0 Å². The van der Waals surface area contributed by atoms with Crippen LogP contribution < -0.4 is 10.2 Å². The number of benzene rings is 1. The number of nitrogens with zero attached hydrogens (tertiary/aromatic N) is 3. The monoisotopic (exact) mass is 270 g/mol. The van der Waals surface area contributed by atoms with Crippen molar-refractivity contribution >= 4 is 16.9 Å². The summed E-state index contributed by atoms with van der Waals surface area (Å²) in [6, 6.07) is 8.08. The van der Waals surface area contributed by atoms with E-state index in [1.807, 2.05) is 24.3 Å². The van der Waals surface area contributed by atoms with Crippen LogP contribution in [0.15, 0.2) is 24.3 Å². The van der Waals surface area contributed by atoms with Gasteiger partial charge < -0.3 is 10.2 Å². The Hall–Kier alpha value is -1.68. The third-order valence-electron chi connectivity index (χ3n) is 4.49.